The number of carbonyl (C=O) groups excluding carboxylic acids is 2. The third-order valence-electron chi connectivity index (χ3n) is 6.51. The molecule has 0 bridgehead atoms. The second kappa shape index (κ2) is 7.65. The van der Waals surface area contributed by atoms with Gasteiger partial charge in [-0.15, -0.1) is 0 Å². The minimum Gasteiger partial charge on any atom is -0.304 e. The summed E-state index contributed by atoms with van der Waals surface area (Å²) in [5, 5.41) is 10.6. The van der Waals surface area contributed by atoms with E-state index in [2.05, 4.69) is 5.32 Å². The largest absolute Gasteiger partial charge is 0.403 e. The van der Waals surface area contributed by atoms with Crippen molar-refractivity contribution >= 4 is 33.3 Å². The summed E-state index contributed by atoms with van der Waals surface area (Å²) >= 11 is 5.87. The van der Waals surface area contributed by atoms with E-state index in [1.54, 1.807) is 6.07 Å². The number of hydrogen-bond acceptors (Lipinski definition) is 6. The molecule has 1 aromatic rings. The summed E-state index contributed by atoms with van der Waals surface area (Å²) in [4.78, 5) is 26.2. The molecule has 3 aliphatic rings. The van der Waals surface area contributed by atoms with Gasteiger partial charge < -0.3 is 5.32 Å². The molecule has 2 amide bonds. The number of nitrogens with zero attached hydrogens (tertiary/aromatic N) is 2. The van der Waals surface area contributed by atoms with Gasteiger partial charge in [0.15, 0.2) is 9.84 Å². The van der Waals surface area contributed by atoms with E-state index in [1.807, 2.05) is 0 Å². The molecule has 1 saturated heterocycles. The molecule has 1 aliphatic heterocycles. The third-order valence-corrected chi connectivity index (χ3v) is 9.14. The van der Waals surface area contributed by atoms with Crippen LogP contribution in [0.1, 0.15) is 32.1 Å². The summed E-state index contributed by atoms with van der Waals surface area (Å²) < 4.78 is 79.9. The minimum absolute atomic E-state index is 0.0502. The summed E-state index contributed by atoms with van der Waals surface area (Å²) in [5.74, 6) is -3.26. The molecule has 1 N–H and O–H groups in total. The van der Waals surface area contributed by atoms with Crippen LogP contribution in [-0.4, -0.2) is 54.7 Å². The second-order valence-electron chi connectivity index (χ2n) is 8.64. The van der Waals surface area contributed by atoms with Crippen LogP contribution in [0, 0.1) is 22.6 Å². The molecule has 178 valence electrons. The van der Waals surface area contributed by atoms with Crippen LogP contribution in [0.25, 0.3) is 0 Å². The van der Waals surface area contributed by atoms with Gasteiger partial charge in [0.1, 0.15) is 16.8 Å². The van der Waals surface area contributed by atoms with Crippen LogP contribution in [0.2, 0.25) is 5.02 Å². The Morgan fingerprint density at radius 2 is 1.85 bits per heavy atom. The summed E-state index contributed by atoms with van der Waals surface area (Å²) in [6.45, 7) is -0.238. The lowest BCUT2D eigenvalue weighted by atomic mass is 10.0. The highest BCUT2D eigenvalue weighted by molar-refractivity contribution is 7.92. The lowest BCUT2D eigenvalue weighted by Gasteiger charge is -2.32. The maximum absolute atomic E-state index is 13.6. The summed E-state index contributed by atoms with van der Waals surface area (Å²) in [7, 11) is -4.13. The van der Waals surface area contributed by atoms with Crippen molar-refractivity contribution in [3.63, 3.8) is 0 Å². The Balaban J connectivity index is 1.59. The van der Waals surface area contributed by atoms with Gasteiger partial charge in [-0.1, -0.05) is 11.6 Å². The predicted octanol–water partition coefficient (Wildman–Crippen LogP) is 2.74. The predicted molar refractivity (Wildman–Crippen MR) is 106 cm³/mol. The molecule has 0 spiro atoms. The fourth-order valence-corrected chi connectivity index (χ4v) is 6.33. The zero-order valence-corrected chi connectivity index (χ0v) is 18.5. The lowest BCUT2D eigenvalue weighted by Crippen LogP contribution is -2.56. The molecule has 1 heterocycles. The van der Waals surface area contributed by atoms with Gasteiger partial charge in [0, 0.05) is 6.54 Å². The van der Waals surface area contributed by atoms with Gasteiger partial charge in [-0.05, 0) is 50.3 Å². The van der Waals surface area contributed by atoms with Crippen LogP contribution in [0.3, 0.4) is 0 Å². The maximum Gasteiger partial charge on any atom is 0.403 e. The molecule has 33 heavy (non-hydrogen) atoms. The van der Waals surface area contributed by atoms with E-state index >= 15 is 0 Å². The van der Waals surface area contributed by atoms with E-state index < -0.39 is 68.7 Å². The lowest BCUT2D eigenvalue weighted by molar-refractivity contribution is -0.200. The molecule has 3 fully saturated rings. The van der Waals surface area contributed by atoms with Crippen molar-refractivity contribution < 1.29 is 35.6 Å². The fourth-order valence-electron chi connectivity index (χ4n) is 4.14. The standard InChI is InChI=1S/C20H18ClF4N3O4S/c21-13-7-11(22)1-2-15(13)33(31,32)12-8-14(27-9-12)16(29)28(18(10-26)3-4-18)17(30)19(5-6-19)20(23,24)25/h1-2,7,12,14,27H,3-6,8-9H2/t12-,14+/m1/s1. The van der Waals surface area contributed by atoms with Crippen LogP contribution >= 0.6 is 11.6 Å². The maximum atomic E-state index is 13.6. The monoisotopic (exact) mass is 507 g/mol. The minimum atomic E-state index is -4.87. The third kappa shape index (κ3) is 3.80. The Hall–Kier alpha value is -2.23. The van der Waals surface area contributed by atoms with Crippen molar-refractivity contribution in [1.29, 1.82) is 5.26 Å². The number of carbonyl (C=O) groups is 2. The number of halogens is 5. The first-order chi connectivity index (χ1) is 15.3. The highest BCUT2D eigenvalue weighted by Crippen LogP contribution is 2.60. The number of nitriles is 1. The van der Waals surface area contributed by atoms with Gasteiger partial charge in [-0.25, -0.2) is 12.8 Å². The van der Waals surface area contributed by atoms with Gasteiger partial charge in [-0.3, -0.25) is 14.5 Å². The van der Waals surface area contributed by atoms with Crippen molar-refractivity contribution in [2.24, 2.45) is 5.41 Å². The van der Waals surface area contributed by atoms with Crippen molar-refractivity contribution in [1.82, 2.24) is 10.2 Å². The highest BCUT2D eigenvalue weighted by Gasteiger charge is 2.72. The van der Waals surface area contributed by atoms with Crippen LogP contribution in [0.5, 0.6) is 0 Å². The molecule has 2 atom stereocenters. The number of rotatable bonds is 5. The van der Waals surface area contributed by atoms with Gasteiger partial charge >= 0.3 is 6.18 Å². The average molecular weight is 508 g/mol. The topological polar surface area (TPSA) is 107 Å². The molecule has 0 aromatic heterocycles. The SMILES string of the molecule is N#CC1(N(C(=O)[C@@H]2C[C@@H](S(=O)(=O)c3ccc(F)cc3Cl)CN2)C(=O)C2(C(F)(F)F)CC2)CC1. The molecular weight excluding hydrogens is 490 g/mol. The van der Waals surface area contributed by atoms with Crippen molar-refractivity contribution in [3.05, 3.63) is 29.0 Å². The van der Waals surface area contributed by atoms with Crippen LogP contribution in [0.15, 0.2) is 23.1 Å². The molecule has 0 unspecified atom stereocenters. The van der Waals surface area contributed by atoms with E-state index in [0.717, 1.165) is 18.2 Å². The molecule has 4 rings (SSSR count). The van der Waals surface area contributed by atoms with Crippen molar-refractivity contribution in [2.75, 3.05) is 6.54 Å². The zero-order valence-electron chi connectivity index (χ0n) is 17.0. The fraction of sp³-hybridized carbons (Fsp3) is 0.550. The number of benzene rings is 1. The Morgan fingerprint density at radius 3 is 2.33 bits per heavy atom. The van der Waals surface area contributed by atoms with E-state index in [-0.39, 0.29) is 35.7 Å². The summed E-state index contributed by atoms with van der Waals surface area (Å²) in [6, 6.07) is 3.24. The zero-order chi connectivity index (χ0) is 24.4. The first-order valence-electron chi connectivity index (χ1n) is 10.1. The summed E-state index contributed by atoms with van der Waals surface area (Å²) in [5.41, 5.74) is -4.35. The van der Waals surface area contributed by atoms with Crippen LogP contribution < -0.4 is 5.32 Å². The average Bonchev–Trinajstić information content (AvgIpc) is 3.64. The molecule has 13 heteroatoms. The van der Waals surface area contributed by atoms with E-state index in [1.165, 1.54) is 0 Å². The van der Waals surface area contributed by atoms with E-state index in [9.17, 15) is 40.8 Å². The van der Waals surface area contributed by atoms with Gasteiger partial charge in [0.2, 0.25) is 11.8 Å². The van der Waals surface area contributed by atoms with E-state index in [0.29, 0.717) is 4.90 Å². The van der Waals surface area contributed by atoms with Gasteiger partial charge in [0.05, 0.1) is 27.3 Å². The number of sulfone groups is 1. The second-order valence-corrected chi connectivity index (χ2v) is 11.2. The Morgan fingerprint density at radius 1 is 1.21 bits per heavy atom. The Labute approximate surface area is 191 Å². The highest BCUT2D eigenvalue weighted by atomic mass is 35.5. The molecule has 0 radical (unpaired) electrons. The summed E-state index contributed by atoms with van der Waals surface area (Å²) in [6.07, 6.45) is -6.07. The number of amides is 2. The molecule has 2 saturated carbocycles. The molecular formula is C20H18ClF4N3O4S. The smallest absolute Gasteiger partial charge is 0.304 e. The number of alkyl halides is 3. The van der Waals surface area contributed by atoms with Crippen LogP contribution in [-0.2, 0) is 19.4 Å². The van der Waals surface area contributed by atoms with E-state index in [4.69, 9.17) is 11.6 Å². The Kier molecular flexibility index (Phi) is 5.54. The number of hydrogen-bond donors (Lipinski definition) is 1. The first kappa shape index (κ1) is 23.9. The van der Waals surface area contributed by atoms with Gasteiger partial charge in [-0.2, -0.15) is 18.4 Å². The van der Waals surface area contributed by atoms with Crippen molar-refractivity contribution in [3.8, 4) is 6.07 Å². The Bertz CT molecular complexity index is 1170. The molecule has 1 aromatic carbocycles. The number of nitrogens with one attached hydrogen (secondary N) is 1. The van der Waals surface area contributed by atoms with Crippen molar-refractivity contribution in [2.45, 2.75) is 60.0 Å². The first-order valence-corrected chi connectivity index (χ1v) is 12.0. The van der Waals surface area contributed by atoms with Crippen LogP contribution in [0.4, 0.5) is 17.6 Å². The molecule has 7 nitrogen and oxygen atoms in total. The normalized spacial score (nSPS) is 25.2. The molecule has 2 aliphatic carbocycles. The quantitative estimate of drug-likeness (QED) is 0.373. The van der Waals surface area contributed by atoms with Gasteiger partial charge in [0.25, 0.3) is 0 Å². The number of imide groups is 1.